The normalized spacial score (nSPS) is 22.1. The molecular formula is C13H15N3OS. The number of carbonyl (C=O) groups excluding carboxylic acids is 1. The summed E-state index contributed by atoms with van der Waals surface area (Å²) in [5.74, 6) is 0.668. The molecule has 0 aliphatic heterocycles. The third kappa shape index (κ3) is 2.06. The van der Waals surface area contributed by atoms with Gasteiger partial charge in [-0.25, -0.2) is 4.98 Å². The summed E-state index contributed by atoms with van der Waals surface area (Å²) in [6.07, 6.45) is 2.24. The van der Waals surface area contributed by atoms with Gasteiger partial charge in [-0.15, -0.1) is 0 Å². The number of nitrogens with one attached hydrogen (secondary N) is 1. The third-order valence-corrected chi connectivity index (χ3v) is 4.28. The highest BCUT2D eigenvalue weighted by Crippen LogP contribution is 2.33. The number of hydrogen-bond acceptors (Lipinski definition) is 4. The van der Waals surface area contributed by atoms with Crippen LogP contribution in [0.1, 0.15) is 30.1 Å². The van der Waals surface area contributed by atoms with Gasteiger partial charge < -0.3 is 11.1 Å². The molecule has 2 aromatic rings. The highest BCUT2D eigenvalue weighted by Gasteiger charge is 2.36. The van der Waals surface area contributed by atoms with Crippen LogP contribution in [0.3, 0.4) is 0 Å². The number of nitrogens with two attached hydrogens (primary N) is 1. The number of carbonyl (C=O) groups is 1. The maximum absolute atomic E-state index is 12.0. The standard InChI is InChI=1S/C13H15N3OS/c1-2-7-5-10(7)15-12(17)8-3-4-9-11(6-8)18-13(14)16-9/h3-4,6-7,10H,2,5H2,1H3,(H2,14,16)(H,15,17). The average Bonchev–Trinajstić information content (AvgIpc) is 2.98. The van der Waals surface area contributed by atoms with Crippen LogP contribution in [0.15, 0.2) is 18.2 Å². The Labute approximate surface area is 109 Å². The summed E-state index contributed by atoms with van der Waals surface area (Å²) in [6.45, 7) is 2.16. The van der Waals surface area contributed by atoms with Gasteiger partial charge in [-0.3, -0.25) is 4.79 Å². The Kier molecular flexibility index (Phi) is 2.70. The lowest BCUT2D eigenvalue weighted by atomic mass is 10.2. The van der Waals surface area contributed by atoms with Crippen molar-refractivity contribution in [1.82, 2.24) is 10.3 Å². The van der Waals surface area contributed by atoms with Crippen LogP contribution in [0.4, 0.5) is 5.13 Å². The molecule has 4 nitrogen and oxygen atoms in total. The van der Waals surface area contributed by atoms with Crippen LogP contribution in [0, 0.1) is 5.92 Å². The first kappa shape index (κ1) is 11.5. The maximum atomic E-state index is 12.0. The van der Waals surface area contributed by atoms with E-state index in [1.54, 1.807) is 6.07 Å². The van der Waals surface area contributed by atoms with Crippen LogP contribution < -0.4 is 11.1 Å². The predicted octanol–water partition coefficient (Wildman–Crippen LogP) is 2.41. The van der Waals surface area contributed by atoms with Crippen LogP contribution in [0.5, 0.6) is 0 Å². The Morgan fingerprint density at radius 1 is 1.61 bits per heavy atom. The second-order valence-corrected chi connectivity index (χ2v) is 5.78. The SMILES string of the molecule is CCC1CC1NC(=O)c1ccc2nc(N)sc2c1. The fraction of sp³-hybridized carbons (Fsp3) is 0.385. The molecule has 1 aliphatic carbocycles. The number of fused-ring (bicyclic) bond motifs is 1. The van der Waals surface area contributed by atoms with Gasteiger partial charge in [0.05, 0.1) is 10.2 Å². The smallest absolute Gasteiger partial charge is 0.251 e. The van der Waals surface area contributed by atoms with Gasteiger partial charge in [0.2, 0.25) is 0 Å². The highest BCUT2D eigenvalue weighted by molar-refractivity contribution is 7.22. The summed E-state index contributed by atoms with van der Waals surface area (Å²) in [5, 5.41) is 3.59. The summed E-state index contributed by atoms with van der Waals surface area (Å²) in [7, 11) is 0. The minimum absolute atomic E-state index is 0.00446. The van der Waals surface area contributed by atoms with Crippen molar-refractivity contribution in [1.29, 1.82) is 0 Å². The number of hydrogen-bond donors (Lipinski definition) is 2. The molecule has 1 aliphatic rings. The molecule has 5 heteroatoms. The van der Waals surface area contributed by atoms with Crippen molar-refractivity contribution in [3.63, 3.8) is 0 Å². The summed E-state index contributed by atoms with van der Waals surface area (Å²) in [4.78, 5) is 16.2. The van der Waals surface area contributed by atoms with Gasteiger partial charge in [0.15, 0.2) is 5.13 Å². The summed E-state index contributed by atoms with van der Waals surface area (Å²) in [6, 6.07) is 5.88. The van der Waals surface area contributed by atoms with E-state index in [-0.39, 0.29) is 5.91 Å². The van der Waals surface area contributed by atoms with Crippen molar-refractivity contribution in [3.05, 3.63) is 23.8 Å². The van der Waals surface area contributed by atoms with E-state index >= 15 is 0 Å². The van der Waals surface area contributed by atoms with Gasteiger partial charge in [-0.1, -0.05) is 24.7 Å². The third-order valence-electron chi connectivity index (χ3n) is 3.43. The second-order valence-electron chi connectivity index (χ2n) is 4.72. The van der Waals surface area contributed by atoms with Gasteiger partial charge in [-0.2, -0.15) is 0 Å². The van der Waals surface area contributed by atoms with Gasteiger partial charge in [0.25, 0.3) is 5.91 Å². The number of thiazole rings is 1. The first-order valence-corrected chi connectivity index (χ1v) is 6.96. The van der Waals surface area contributed by atoms with Crippen LogP contribution in [-0.4, -0.2) is 16.9 Å². The predicted molar refractivity (Wildman–Crippen MR) is 73.7 cm³/mol. The van der Waals surface area contributed by atoms with Crippen molar-refractivity contribution >= 4 is 32.6 Å². The highest BCUT2D eigenvalue weighted by atomic mass is 32.1. The number of anilines is 1. The fourth-order valence-electron chi connectivity index (χ4n) is 2.21. The molecule has 2 atom stereocenters. The van der Waals surface area contributed by atoms with Crippen molar-refractivity contribution in [3.8, 4) is 0 Å². The Hall–Kier alpha value is -1.62. The molecule has 94 valence electrons. The monoisotopic (exact) mass is 261 g/mol. The first-order valence-electron chi connectivity index (χ1n) is 6.14. The molecular weight excluding hydrogens is 246 g/mol. The number of rotatable bonds is 3. The fourth-order valence-corrected chi connectivity index (χ4v) is 2.98. The number of nitrogens with zero attached hydrogens (tertiary/aromatic N) is 1. The molecule has 1 aromatic carbocycles. The molecule has 0 spiro atoms. The molecule has 0 bridgehead atoms. The molecule has 3 N–H and O–H groups in total. The first-order chi connectivity index (χ1) is 8.67. The molecule has 0 radical (unpaired) electrons. The lowest BCUT2D eigenvalue weighted by Gasteiger charge is -2.03. The lowest BCUT2D eigenvalue weighted by Crippen LogP contribution is -2.26. The van der Waals surface area contributed by atoms with Gasteiger partial charge in [-0.05, 0) is 30.5 Å². The van der Waals surface area contributed by atoms with Crippen LogP contribution >= 0.6 is 11.3 Å². The van der Waals surface area contributed by atoms with E-state index in [2.05, 4.69) is 17.2 Å². The van der Waals surface area contributed by atoms with Crippen molar-refractivity contribution < 1.29 is 4.79 Å². The lowest BCUT2D eigenvalue weighted by molar-refractivity contribution is 0.0949. The van der Waals surface area contributed by atoms with Crippen molar-refractivity contribution in [2.24, 2.45) is 5.92 Å². The van der Waals surface area contributed by atoms with E-state index < -0.39 is 0 Å². The molecule has 1 aromatic heterocycles. The zero-order valence-electron chi connectivity index (χ0n) is 10.1. The molecule has 0 saturated heterocycles. The van der Waals surface area contributed by atoms with E-state index in [1.165, 1.54) is 11.3 Å². The largest absolute Gasteiger partial charge is 0.375 e. The van der Waals surface area contributed by atoms with Crippen molar-refractivity contribution in [2.45, 2.75) is 25.8 Å². The zero-order chi connectivity index (χ0) is 12.7. The Bertz CT molecular complexity index is 607. The summed E-state index contributed by atoms with van der Waals surface area (Å²) < 4.78 is 0.961. The van der Waals surface area contributed by atoms with Gasteiger partial charge >= 0.3 is 0 Å². The Balaban J connectivity index is 1.79. The van der Waals surface area contributed by atoms with Crippen LogP contribution in [-0.2, 0) is 0 Å². The summed E-state index contributed by atoms with van der Waals surface area (Å²) >= 11 is 1.41. The topological polar surface area (TPSA) is 68.0 Å². The molecule has 3 rings (SSSR count). The zero-order valence-corrected chi connectivity index (χ0v) is 11.0. The van der Waals surface area contributed by atoms with E-state index in [9.17, 15) is 4.79 Å². The molecule has 1 fully saturated rings. The maximum Gasteiger partial charge on any atom is 0.251 e. The molecule has 18 heavy (non-hydrogen) atoms. The van der Waals surface area contributed by atoms with E-state index in [0.717, 1.165) is 23.1 Å². The minimum atomic E-state index is 0.00446. The number of aromatic nitrogens is 1. The summed E-state index contributed by atoms with van der Waals surface area (Å²) in [5.41, 5.74) is 7.19. The number of benzene rings is 1. The number of nitrogen functional groups attached to an aromatic ring is 1. The number of amides is 1. The van der Waals surface area contributed by atoms with Gasteiger partial charge in [0, 0.05) is 11.6 Å². The van der Waals surface area contributed by atoms with Crippen LogP contribution in [0.25, 0.3) is 10.2 Å². The Morgan fingerprint density at radius 3 is 3.17 bits per heavy atom. The van der Waals surface area contributed by atoms with Crippen LogP contribution in [0.2, 0.25) is 0 Å². The molecule has 1 amide bonds. The van der Waals surface area contributed by atoms with E-state index in [1.807, 2.05) is 12.1 Å². The molecule has 1 heterocycles. The van der Waals surface area contributed by atoms with Crippen molar-refractivity contribution in [2.75, 3.05) is 5.73 Å². The molecule has 2 unspecified atom stereocenters. The van der Waals surface area contributed by atoms with E-state index in [4.69, 9.17) is 5.73 Å². The quantitative estimate of drug-likeness (QED) is 0.891. The Morgan fingerprint density at radius 2 is 2.44 bits per heavy atom. The molecule has 1 saturated carbocycles. The second kappa shape index (κ2) is 4.24. The van der Waals surface area contributed by atoms with Gasteiger partial charge in [0.1, 0.15) is 0 Å². The van der Waals surface area contributed by atoms with E-state index in [0.29, 0.717) is 22.7 Å². The average molecular weight is 261 g/mol. The minimum Gasteiger partial charge on any atom is -0.375 e.